The second-order valence-corrected chi connectivity index (χ2v) is 8.12. The first-order chi connectivity index (χ1) is 13.3. The third kappa shape index (κ3) is 3.26. The minimum absolute atomic E-state index is 0.155. The highest BCUT2D eigenvalue weighted by molar-refractivity contribution is 6.00. The molecule has 3 aromatic rings. The highest BCUT2D eigenvalue weighted by Crippen LogP contribution is 2.35. The molecule has 28 heavy (non-hydrogen) atoms. The van der Waals surface area contributed by atoms with Gasteiger partial charge < -0.3 is 0 Å². The Morgan fingerprint density at radius 2 is 1.64 bits per heavy atom. The molecule has 5 heteroatoms. The molecule has 0 radical (unpaired) electrons. The number of carbonyl (C=O) groups excluding carboxylic acids is 1. The quantitative estimate of drug-likeness (QED) is 0.671. The van der Waals surface area contributed by atoms with Crippen LogP contribution >= 0.6 is 0 Å². The van der Waals surface area contributed by atoms with E-state index < -0.39 is 0 Å². The lowest BCUT2D eigenvalue weighted by atomic mass is 9.81. The van der Waals surface area contributed by atoms with Crippen LogP contribution in [0.4, 0.5) is 0 Å². The first-order valence-corrected chi connectivity index (χ1v) is 9.87. The SMILES string of the molecule is Cc1cc(C)nc(-n2nc(C)c3c2C[C@@H](c2ccc(C(C)C)cc2)CC3=O)n1. The maximum atomic E-state index is 12.9. The van der Waals surface area contributed by atoms with Crippen LogP contribution in [-0.4, -0.2) is 25.5 Å². The summed E-state index contributed by atoms with van der Waals surface area (Å²) in [6, 6.07) is 10.6. The molecule has 0 saturated heterocycles. The second-order valence-electron chi connectivity index (χ2n) is 8.12. The molecule has 4 rings (SSSR count). The molecule has 0 N–H and O–H groups in total. The number of Topliss-reactive ketones (excluding diaryl/α,β-unsaturated/α-hetero) is 1. The number of aromatic nitrogens is 4. The minimum Gasteiger partial charge on any atom is -0.294 e. The molecule has 5 nitrogen and oxygen atoms in total. The zero-order valence-electron chi connectivity index (χ0n) is 17.2. The molecular weight excluding hydrogens is 348 g/mol. The number of ketones is 1. The van der Waals surface area contributed by atoms with Gasteiger partial charge in [-0.25, -0.2) is 14.6 Å². The zero-order valence-corrected chi connectivity index (χ0v) is 17.2. The summed E-state index contributed by atoms with van der Waals surface area (Å²) in [7, 11) is 0. The van der Waals surface area contributed by atoms with Gasteiger partial charge in [-0.2, -0.15) is 5.10 Å². The Bertz CT molecular complexity index is 1030. The van der Waals surface area contributed by atoms with Gasteiger partial charge in [0.15, 0.2) is 5.78 Å². The number of hydrogen-bond acceptors (Lipinski definition) is 4. The largest absolute Gasteiger partial charge is 0.294 e. The summed E-state index contributed by atoms with van der Waals surface area (Å²) in [6.07, 6.45) is 1.29. The number of rotatable bonds is 3. The fraction of sp³-hybridized carbons (Fsp3) is 0.391. The summed E-state index contributed by atoms with van der Waals surface area (Å²) in [5, 5.41) is 4.63. The van der Waals surface area contributed by atoms with Crippen molar-refractivity contribution in [3.05, 3.63) is 69.8 Å². The number of fused-ring (bicyclic) bond motifs is 1. The van der Waals surface area contributed by atoms with Crippen molar-refractivity contribution in [3.63, 3.8) is 0 Å². The molecule has 0 saturated carbocycles. The smallest absolute Gasteiger partial charge is 0.251 e. The lowest BCUT2D eigenvalue weighted by Crippen LogP contribution is -2.21. The average Bonchev–Trinajstić information content (AvgIpc) is 2.98. The summed E-state index contributed by atoms with van der Waals surface area (Å²) < 4.78 is 1.78. The van der Waals surface area contributed by atoms with E-state index in [4.69, 9.17) is 0 Å². The molecular formula is C23H26N4O. The van der Waals surface area contributed by atoms with Crippen LogP contribution in [-0.2, 0) is 6.42 Å². The summed E-state index contributed by atoms with van der Waals surface area (Å²) >= 11 is 0. The van der Waals surface area contributed by atoms with Crippen molar-refractivity contribution in [3.8, 4) is 5.95 Å². The maximum absolute atomic E-state index is 12.9. The number of benzene rings is 1. The Hall–Kier alpha value is -2.82. The van der Waals surface area contributed by atoms with Crippen LogP contribution in [0.5, 0.6) is 0 Å². The topological polar surface area (TPSA) is 60.7 Å². The standard InChI is InChI=1S/C23H26N4O/c1-13(2)17-6-8-18(9-7-17)19-11-20-22(21(28)12-19)16(5)26-27(20)23-24-14(3)10-15(4)25-23/h6-10,13,19H,11-12H2,1-5H3/t19-/m1/s1. The predicted molar refractivity (Wildman–Crippen MR) is 109 cm³/mol. The van der Waals surface area contributed by atoms with Gasteiger partial charge in [0, 0.05) is 17.8 Å². The summed E-state index contributed by atoms with van der Waals surface area (Å²) in [5.74, 6) is 1.36. The van der Waals surface area contributed by atoms with Gasteiger partial charge in [0.05, 0.1) is 17.0 Å². The predicted octanol–water partition coefficient (Wildman–Crippen LogP) is 4.62. The van der Waals surface area contributed by atoms with Crippen molar-refractivity contribution in [2.75, 3.05) is 0 Å². The number of aryl methyl sites for hydroxylation is 3. The van der Waals surface area contributed by atoms with Gasteiger partial charge in [0.1, 0.15) is 0 Å². The highest BCUT2D eigenvalue weighted by atomic mass is 16.1. The van der Waals surface area contributed by atoms with Crippen molar-refractivity contribution in [2.45, 2.75) is 59.3 Å². The Kier molecular flexibility index (Phi) is 4.61. The molecule has 1 atom stereocenters. The lowest BCUT2D eigenvalue weighted by molar-refractivity contribution is 0.0963. The van der Waals surface area contributed by atoms with Gasteiger partial charge in [-0.3, -0.25) is 4.79 Å². The molecule has 2 aromatic heterocycles. The zero-order chi connectivity index (χ0) is 20.0. The molecule has 144 valence electrons. The highest BCUT2D eigenvalue weighted by Gasteiger charge is 2.32. The van der Waals surface area contributed by atoms with E-state index in [0.29, 0.717) is 18.3 Å². The normalized spacial score (nSPS) is 16.5. The third-order valence-electron chi connectivity index (χ3n) is 5.54. The van der Waals surface area contributed by atoms with Crippen LogP contribution in [0.15, 0.2) is 30.3 Å². The van der Waals surface area contributed by atoms with Crippen molar-refractivity contribution >= 4 is 5.78 Å². The first kappa shape index (κ1) is 18.5. The van der Waals surface area contributed by atoms with Crippen LogP contribution in [0, 0.1) is 20.8 Å². The molecule has 1 aliphatic carbocycles. The molecule has 2 heterocycles. The van der Waals surface area contributed by atoms with Crippen LogP contribution in [0.1, 0.15) is 76.4 Å². The van der Waals surface area contributed by atoms with Crippen LogP contribution in [0.2, 0.25) is 0 Å². The Balaban J connectivity index is 1.75. The van der Waals surface area contributed by atoms with Crippen LogP contribution in [0.3, 0.4) is 0 Å². The fourth-order valence-electron chi connectivity index (χ4n) is 4.11. The maximum Gasteiger partial charge on any atom is 0.251 e. The van der Waals surface area contributed by atoms with Gasteiger partial charge in [0.2, 0.25) is 0 Å². The van der Waals surface area contributed by atoms with E-state index in [1.165, 1.54) is 11.1 Å². The Labute approximate surface area is 165 Å². The van der Waals surface area contributed by atoms with Gasteiger partial charge in [-0.1, -0.05) is 38.1 Å². The minimum atomic E-state index is 0.155. The van der Waals surface area contributed by atoms with Gasteiger partial charge in [-0.05, 0) is 56.2 Å². The van der Waals surface area contributed by atoms with E-state index in [-0.39, 0.29) is 11.7 Å². The number of hydrogen-bond donors (Lipinski definition) is 0. The molecule has 0 bridgehead atoms. The molecule has 0 fully saturated rings. The van der Waals surface area contributed by atoms with Crippen molar-refractivity contribution in [1.29, 1.82) is 0 Å². The first-order valence-electron chi connectivity index (χ1n) is 9.87. The summed E-state index contributed by atoms with van der Waals surface area (Å²) in [6.45, 7) is 10.2. The van der Waals surface area contributed by atoms with Gasteiger partial charge in [0.25, 0.3) is 5.95 Å². The number of nitrogens with zero attached hydrogens (tertiary/aromatic N) is 4. The fourth-order valence-corrected chi connectivity index (χ4v) is 4.11. The van der Waals surface area contributed by atoms with E-state index in [1.807, 2.05) is 26.8 Å². The van der Waals surface area contributed by atoms with E-state index in [1.54, 1.807) is 4.68 Å². The molecule has 0 unspecified atom stereocenters. The molecule has 1 aromatic carbocycles. The van der Waals surface area contributed by atoms with Crippen molar-refractivity contribution in [2.24, 2.45) is 0 Å². The molecule has 0 aliphatic heterocycles. The molecule has 0 spiro atoms. The van der Waals surface area contributed by atoms with Gasteiger partial charge in [-0.15, -0.1) is 0 Å². The van der Waals surface area contributed by atoms with E-state index in [0.717, 1.165) is 34.8 Å². The van der Waals surface area contributed by atoms with Crippen LogP contribution < -0.4 is 0 Å². The van der Waals surface area contributed by atoms with Crippen molar-refractivity contribution < 1.29 is 4.79 Å². The lowest BCUT2D eigenvalue weighted by Gasteiger charge is -2.23. The van der Waals surface area contributed by atoms with E-state index >= 15 is 0 Å². The number of carbonyl (C=O) groups is 1. The van der Waals surface area contributed by atoms with Crippen LogP contribution in [0.25, 0.3) is 5.95 Å². The Morgan fingerprint density at radius 3 is 2.25 bits per heavy atom. The third-order valence-corrected chi connectivity index (χ3v) is 5.54. The Morgan fingerprint density at radius 1 is 1.00 bits per heavy atom. The monoisotopic (exact) mass is 374 g/mol. The van der Waals surface area contributed by atoms with E-state index in [2.05, 4.69) is 53.2 Å². The molecule has 1 aliphatic rings. The summed E-state index contributed by atoms with van der Waals surface area (Å²) in [4.78, 5) is 22.1. The van der Waals surface area contributed by atoms with Crippen molar-refractivity contribution in [1.82, 2.24) is 19.7 Å². The van der Waals surface area contributed by atoms with E-state index in [9.17, 15) is 4.79 Å². The second kappa shape index (κ2) is 6.97. The average molecular weight is 374 g/mol. The summed E-state index contributed by atoms with van der Waals surface area (Å²) in [5.41, 5.74) is 6.75. The van der Waals surface area contributed by atoms with Gasteiger partial charge >= 0.3 is 0 Å². The molecule has 0 amide bonds.